The van der Waals surface area contributed by atoms with E-state index in [-0.39, 0.29) is 5.78 Å². The van der Waals surface area contributed by atoms with E-state index in [1.807, 2.05) is 109 Å². The number of rotatable bonds is 5. The number of benzene rings is 3. The fourth-order valence-electron chi connectivity index (χ4n) is 2.42. The summed E-state index contributed by atoms with van der Waals surface area (Å²) in [6.07, 6.45) is 5.78. The molecule has 0 aromatic heterocycles. The number of Topliss-reactive ketones (excluding diaryl/α,β-unsaturated/α-hetero) is 1. The highest BCUT2D eigenvalue weighted by atomic mass is 16.1. The van der Waals surface area contributed by atoms with Crippen molar-refractivity contribution in [2.24, 2.45) is 0 Å². The van der Waals surface area contributed by atoms with Crippen LogP contribution in [0.1, 0.15) is 21.5 Å². The van der Waals surface area contributed by atoms with Crippen LogP contribution < -0.4 is 0 Å². The number of hydrogen-bond donors (Lipinski definition) is 0. The summed E-state index contributed by atoms with van der Waals surface area (Å²) in [4.78, 5) is 12.9. The average Bonchev–Trinajstić information content (AvgIpc) is 2.67. The minimum absolute atomic E-state index is 0.0200. The summed E-state index contributed by atoms with van der Waals surface area (Å²) in [5, 5.41) is 0. The lowest BCUT2D eigenvalue weighted by molar-refractivity contribution is 0.103. The first kappa shape index (κ1) is 15.7. The second-order valence-corrected chi connectivity index (χ2v) is 5.45. The first-order chi connectivity index (χ1) is 11.8. The Morgan fingerprint density at radius 3 is 1.71 bits per heavy atom. The van der Waals surface area contributed by atoms with Crippen LogP contribution in [0.5, 0.6) is 0 Å². The van der Waals surface area contributed by atoms with Gasteiger partial charge in [0.2, 0.25) is 0 Å². The number of ketones is 1. The van der Waals surface area contributed by atoms with Crippen LogP contribution in [0.2, 0.25) is 0 Å². The highest BCUT2D eigenvalue weighted by Crippen LogP contribution is 2.16. The Balaban J connectivity index is 1.96. The summed E-state index contributed by atoms with van der Waals surface area (Å²) in [5.41, 5.74) is 3.43. The van der Waals surface area contributed by atoms with Crippen molar-refractivity contribution in [1.82, 2.24) is 0 Å². The quantitative estimate of drug-likeness (QED) is 0.337. The molecule has 0 fully saturated rings. The third-order valence-corrected chi connectivity index (χ3v) is 3.67. The molecule has 0 saturated carbocycles. The molecule has 0 aliphatic carbocycles. The van der Waals surface area contributed by atoms with Gasteiger partial charge in [-0.2, -0.15) is 0 Å². The normalized spacial score (nSPS) is 11.6. The highest BCUT2D eigenvalue weighted by molar-refractivity contribution is 6.13. The Bertz CT molecular complexity index is 844. The molecule has 0 spiro atoms. The van der Waals surface area contributed by atoms with Crippen molar-refractivity contribution in [3.05, 3.63) is 119 Å². The van der Waals surface area contributed by atoms with Gasteiger partial charge >= 0.3 is 0 Å². The van der Waals surface area contributed by atoms with Crippen LogP contribution in [0.25, 0.3) is 12.2 Å². The van der Waals surface area contributed by atoms with Crippen molar-refractivity contribution in [2.75, 3.05) is 0 Å². The molecule has 0 heterocycles. The van der Waals surface area contributed by atoms with Crippen LogP contribution >= 0.6 is 0 Å². The lowest BCUT2D eigenvalue weighted by Crippen LogP contribution is -2.01. The van der Waals surface area contributed by atoms with E-state index in [1.165, 1.54) is 0 Å². The molecule has 0 unspecified atom stereocenters. The molecule has 0 aliphatic rings. The van der Waals surface area contributed by atoms with E-state index < -0.39 is 0 Å². The summed E-state index contributed by atoms with van der Waals surface area (Å²) >= 11 is 0. The van der Waals surface area contributed by atoms with Gasteiger partial charge in [-0.25, -0.2) is 0 Å². The van der Waals surface area contributed by atoms with Crippen LogP contribution in [0.15, 0.2) is 103 Å². The molecule has 24 heavy (non-hydrogen) atoms. The molecule has 0 aliphatic heterocycles. The van der Waals surface area contributed by atoms with Gasteiger partial charge in [0.05, 0.1) is 0 Å². The molecule has 1 nitrogen and oxygen atoms in total. The van der Waals surface area contributed by atoms with Gasteiger partial charge in [-0.3, -0.25) is 4.79 Å². The molecule has 0 amide bonds. The van der Waals surface area contributed by atoms with Crippen molar-refractivity contribution >= 4 is 17.9 Å². The molecule has 116 valence electrons. The zero-order valence-electron chi connectivity index (χ0n) is 13.3. The number of hydrogen-bond acceptors (Lipinski definition) is 1. The van der Waals surface area contributed by atoms with Gasteiger partial charge < -0.3 is 0 Å². The van der Waals surface area contributed by atoms with Gasteiger partial charge in [-0.15, -0.1) is 0 Å². The summed E-state index contributed by atoms with van der Waals surface area (Å²) in [6.45, 7) is 0. The van der Waals surface area contributed by atoms with Gasteiger partial charge in [-0.05, 0) is 17.2 Å². The minimum Gasteiger partial charge on any atom is -0.289 e. The van der Waals surface area contributed by atoms with Crippen LogP contribution in [0, 0.1) is 0 Å². The van der Waals surface area contributed by atoms with Gasteiger partial charge in [0, 0.05) is 11.1 Å². The third-order valence-electron chi connectivity index (χ3n) is 3.67. The van der Waals surface area contributed by atoms with Crippen LogP contribution in [-0.2, 0) is 0 Å². The van der Waals surface area contributed by atoms with Crippen molar-refractivity contribution in [3.63, 3.8) is 0 Å². The maximum Gasteiger partial charge on any atom is 0.193 e. The largest absolute Gasteiger partial charge is 0.289 e. The van der Waals surface area contributed by atoms with Gasteiger partial charge in [0.15, 0.2) is 5.78 Å². The first-order valence-electron chi connectivity index (χ1n) is 7.92. The summed E-state index contributed by atoms with van der Waals surface area (Å²) < 4.78 is 0. The van der Waals surface area contributed by atoms with E-state index in [2.05, 4.69) is 0 Å². The van der Waals surface area contributed by atoms with Crippen LogP contribution in [-0.4, -0.2) is 5.78 Å². The fourth-order valence-corrected chi connectivity index (χ4v) is 2.42. The average molecular weight is 310 g/mol. The predicted octanol–water partition coefficient (Wildman–Crippen LogP) is 5.67. The van der Waals surface area contributed by atoms with Gasteiger partial charge in [-0.1, -0.05) is 103 Å². The Hall–Kier alpha value is -3.19. The fraction of sp³-hybridized carbons (Fsp3) is 0. The standard InChI is InChI=1S/C23H18O/c24-23(21-14-8-3-9-15-21)22(18-20-12-6-2-7-13-20)17-16-19-10-4-1-5-11-19/h1-18H. The second-order valence-electron chi connectivity index (χ2n) is 5.45. The molecule has 1 heteroatoms. The topological polar surface area (TPSA) is 17.1 Å². The number of allylic oxidation sites excluding steroid dienone is 2. The van der Waals surface area contributed by atoms with E-state index in [0.29, 0.717) is 11.1 Å². The van der Waals surface area contributed by atoms with Crippen molar-refractivity contribution < 1.29 is 4.79 Å². The Kier molecular flexibility index (Phi) is 5.16. The second kappa shape index (κ2) is 7.89. The molecule has 0 radical (unpaired) electrons. The Labute approximate surface area is 142 Å². The number of carbonyl (C=O) groups excluding carboxylic acids is 1. The smallest absolute Gasteiger partial charge is 0.193 e. The molecule has 0 N–H and O–H groups in total. The van der Waals surface area contributed by atoms with Crippen molar-refractivity contribution in [2.45, 2.75) is 0 Å². The lowest BCUT2D eigenvalue weighted by atomic mass is 10.00. The van der Waals surface area contributed by atoms with Crippen molar-refractivity contribution in [3.8, 4) is 0 Å². The van der Waals surface area contributed by atoms with E-state index in [4.69, 9.17) is 0 Å². The van der Waals surface area contributed by atoms with Gasteiger partial charge in [0.25, 0.3) is 0 Å². The van der Waals surface area contributed by atoms with E-state index in [1.54, 1.807) is 0 Å². The highest BCUT2D eigenvalue weighted by Gasteiger charge is 2.09. The van der Waals surface area contributed by atoms with E-state index in [0.717, 1.165) is 11.1 Å². The molecule has 3 aromatic carbocycles. The zero-order chi connectivity index (χ0) is 16.6. The predicted molar refractivity (Wildman–Crippen MR) is 101 cm³/mol. The monoisotopic (exact) mass is 310 g/mol. The molecule has 3 rings (SSSR count). The summed E-state index contributed by atoms with van der Waals surface area (Å²) in [7, 11) is 0. The maximum absolute atomic E-state index is 12.9. The molecule has 0 bridgehead atoms. The third kappa shape index (κ3) is 4.17. The first-order valence-corrected chi connectivity index (χ1v) is 7.92. The summed E-state index contributed by atoms with van der Waals surface area (Å²) in [6, 6.07) is 29.3. The molecular weight excluding hydrogens is 292 g/mol. The Morgan fingerprint density at radius 2 is 1.12 bits per heavy atom. The maximum atomic E-state index is 12.9. The number of carbonyl (C=O) groups is 1. The van der Waals surface area contributed by atoms with Crippen LogP contribution in [0.3, 0.4) is 0 Å². The van der Waals surface area contributed by atoms with E-state index >= 15 is 0 Å². The molecule has 3 aromatic rings. The molecule has 0 saturated heterocycles. The Morgan fingerprint density at radius 1 is 0.625 bits per heavy atom. The lowest BCUT2D eigenvalue weighted by Gasteiger charge is -2.03. The van der Waals surface area contributed by atoms with Gasteiger partial charge in [0.1, 0.15) is 0 Å². The van der Waals surface area contributed by atoms with Crippen molar-refractivity contribution in [1.29, 1.82) is 0 Å². The molecule has 0 atom stereocenters. The van der Waals surface area contributed by atoms with E-state index in [9.17, 15) is 4.79 Å². The van der Waals surface area contributed by atoms with Crippen LogP contribution in [0.4, 0.5) is 0 Å². The molecular formula is C23H18O. The zero-order valence-corrected chi connectivity index (χ0v) is 13.3. The summed E-state index contributed by atoms with van der Waals surface area (Å²) in [5.74, 6) is 0.0200. The minimum atomic E-state index is 0.0200. The SMILES string of the molecule is O=C(C(C=Cc1ccccc1)=Cc1ccccc1)c1ccccc1.